The van der Waals surface area contributed by atoms with Crippen molar-refractivity contribution in [3.05, 3.63) is 29.5 Å². The Hall–Kier alpha value is -1.75. The van der Waals surface area contributed by atoms with Gasteiger partial charge in [0, 0.05) is 25.1 Å². The zero-order valence-electron chi connectivity index (χ0n) is 18.1. The van der Waals surface area contributed by atoms with E-state index >= 15 is 0 Å². The van der Waals surface area contributed by atoms with Crippen LogP contribution in [0.1, 0.15) is 70.9 Å². The van der Waals surface area contributed by atoms with Crippen LogP contribution in [0.4, 0.5) is 0 Å². The number of allylic oxidation sites excluding steroid dienone is 2. The van der Waals surface area contributed by atoms with Gasteiger partial charge in [-0.2, -0.15) is 0 Å². The highest BCUT2D eigenvalue weighted by atomic mass is 28.4. The molecule has 28 heavy (non-hydrogen) atoms. The van der Waals surface area contributed by atoms with Crippen molar-refractivity contribution in [1.29, 1.82) is 0 Å². The zero-order chi connectivity index (χ0) is 20.7. The van der Waals surface area contributed by atoms with Gasteiger partial charge in [-0.05, 0) is 67.4 Å². The number of rotatable bonds is 4. The Kier molecular flexibility index (Phi) is 5.43. The van der Waals surface area contributed by atoms with E-state index in [0.29, 0.717) is 19.3 Å². The quantitative estimate of drug-likeness (QED) is 0.494. The summed E-state index contributed by atoms with van der Waals surface area (Å²) in [5.41, 5.74) is 2.79. The lowest BCUT2D eigenvalue weighted by atomic mass is 9.80. The average Bonchev–Trinajstić information content (AvgIpc) is 2.86. The van der Waals surface area contributed by atoms with Crippen LogP contribution >= 0.6 is 0 Å². The maximum atomic E-state index is 12.2. The van der Waals surface area contributed by atoms with Crippen molar-refractivity contribution in [2.45, 2.75) is 84.4 Å². The molecule has 0 unspecified atom stereocenters. The predicted octanol–water partition coefficient (Wildman–Crippen LogP) is 5.51. The van der Waals surface area contributed by atoms with Crippen molar-refractivity contribution in [2.75, 3.05) is 0 Å². The molecule has 152 valence electrons. The van der Waals surface area contributed by atoms with Crippen LogP contribution in [0.3, 0.4) is 0 Å². The molecule has 2 aliphatic carbocycles. The Morgan fingerprint density at radius 1 is 1.14 bits per heavy atom. The Balaban J connectivity index is 1.83. The van der Waals surface area contributed by atoms with Crippen molar-refractivity contribution in [3.8, 4) is 5.88 Å². The van der Waals surface area contributed by atoms with E-state index in [1.54, 1.807) is 6.92 Å². The molecule has 0 radical (unpaired) electrons. The van der Waals surface area contributed by atoms with Crippen LogP contribution in [0, 0.1) is 5.41 Å². The molecule has 0 amide bonds. The Labute approximate surface area is 169 Å². The number of pyridine rings is 1. The number of hydrogen-bond acceptors (Lipinski definition) is 4. The van der Waals surface area contributed by atoms with E-state index in [4.69, 9.17) is 4.43 Å². The molecular weight excluding hydrogens is 366 g/mol. The molecule has 4 nitrogen and oxygen atoms in total. The molecule has 0 aromatic carbocycles. The van der Waals surface area contributed by atoms with Crippen LogP contribution < -0.4 is 4.43 Å². The number of nitrogens with zero attached hydrogens (tertiary/aromatic N) is 1. The standard InChI is InChI=1S/C23H33NO3Si/c1-22(2,3)28(5,6)27-21-14-17-9-7-8-16(18(17)15-24-21)12-13-23(4)19(25)10-11-20(23)26/h12,14-15H,7-11,13H2,1-6H3. The van der Waals surface area contributed by atoms with Crippen molar-refractivity contribution < 1.29 is 14.0 Å². The molecule has 0 bridgehead atoms. The lowest BCUT2D eigenvalue weighted by Gasteiger charge is -2.36. The van der Waals surface area contributed by atoms with E-state index in [0.717, 1.165) is 30.7 Å². The first-order chi connectivity index (χ1) is 12.9. The molecule has 5 heteroatoms. The van der Waals surface area contributed by atoms with Gasteiger partial charge in [-0.25, -0.2) is 4.98 Å². The average molecular weight is 400 g/mol. The first kappa shape index (κ1) is 21.0. The van der Waals surface area contributed by atoms with E-state index < -0.39 is 13.7 Å². The van der Waals surface area contributed by atoms with E-state index in [2.05, 4.69) is 51.0 Å². The minimum Gasteiger partial charge on any atom is -0.531 e. The summed E-state index contributed by atoms with van der Waals surface area (Å²) in [6.45, 7) is 12.9. The molecule has 0 N–H and O–H groups in total. The monoisotopic (exact) mass is 399 g/mol. The summed E-state index contributed by atoms with van der Waals surface area (Å²) in [5, 5.41) is 0.130. The van der Waals surface area contributed by atoms with E-state index in [-0.39, 0.29) is 16.6 Å². The third-order valence-corrected chi connectivity index (χ3v) is 11.3. The largest absolute Gasteiger partial charge is 0.531 e. The molecule has 0 spiro atoms. The van der Waals surface area contributed by atoms with Gasteiger partial charge in [-0.1, -0.05) is 26.8 Å². The third-order valence-electron chi connectivity index (χ3n) is 6.94. The van der Waals surface area contributed by atoms with Gasteiger partial charge in [0.15, 0.2) is 5.88 Å². The molecule has 0 aliphatic heterocycles. The number of carbonyl (C=O) groups excluding carboxylic acids is 2. The van der Waals surface area contributed by atoms with Crippen LogP contribution in [0.25, 0.3) is 5.57 Å². The zero-order valence-corrected chi connectivity index (χ0v) is 19.1. The van der Waals surface area contributed by atoms with E-state index in [1.807, 2.05) is 6.20 Å². The maximum Gasteiger partial charge on any atom is 0.252 e. The second-order valence-electron chi connectivity index (χ2n) is 10.0. The van der Waals surface area contributed by atoms with Gasteiger partial charge in [0.2, 0.25) is 0 Å². The van der Waals surface area contributed by atoms with E-state index in [9.17, 15) is 9.59 Å². The van der Waals surface area contributed by atoms with Crippen LogP contribution in [0.15, 0.2) is 18.3 Å². The van der Waals surface area contributed by atoms with Crippen LogP contribution in [0.5, 0.6) is 5.88 Å². The molecule has 1 heterocycles. The molecule has 0 atom stereocenters. The van der Waals surface area contributed by atoms with E-state index in [1.165, 1.54) is 11.1 Å². The van der Waals surface area contributed by atoms with Crippen LogP contribution in [-0.4, -0.2) is 24.9 Å². The first-order valence-electron chi connectivity index (χ1n) is 10.4. The normalized spacial score (nSPS) is 21.1. The molecule has 1 aromatic rings. The molecule has 2 aliphatic rings. The fourth-order valence-corrected chi connectivity index (χ4v) is 4.69. The highest BCUT2D eigenvalue weighted by Gasteiger charge is 2.44. The molecule has 1 saturated carbocycles. The van der Waals surface area contributed by atoms with Gasteiger partial charge in [-0.3, -0.25) is 9.59 Å². The van der Waals surface area contributed by atoms with Crippen molar-refractivity contribution in [3.63, 3.8) is 0 Å². The number of ketones is 2. The number of carbonyl (C=O) groups is 2. The summed E-state index contributed by atoms with van der Waals surface area (Å²) in [4.78, 5) is 29.0. The minimum atomic E-state index is -1.92. The van der Waals surface area contributed by atoms with Gasteiger partial charge in [0.25, 0.3) is 8.32 Å². The topological polar surface area (TPSA) is 56.3 Å². The second kappa shape index (κ2) is 7.25. The summed E-state index contributed by atoms with van der Waals surface area (Å²) in [5.74, 6) is 0.892. The highest BCUT2D eigenvalue weighted by molar-refractivity contribution is 6.74. The molecule has 0 saturated heterocycles. The molecule has 1 aromatic heterocycles. The van der Waals surface area contributed by atoms with Crippen LogP contribution in [-0.2, 0) is 16.0 Å². The molecular formula is C23H33NO3Si. The SMILES string of the molecule is CC1(CC=C2CCCc3cc(O[Si](C)(C)C(C)(C)C)ncc32)C(=O)CCC1=O. The summed E-state index contributed by atoms with van der Waals surface area (Å²) in [6, 6.07) is 2.09. The number of aryl methyl sites for hydroxylation is 1. The molecule has 3 rings (SSSR count). The predicted molar refractivity (Wildman–Crippen MR) is 115 cm³/mol. The smallest absolute Gasteiger partial charge is 0.252 e. The fourth-order valence-electron chi connectivity index (χ4n) is 3.75. The molecule has 1 fully saturated rings. The van der Waals surface area contributed by atoms with Crippen molar-refractivity contribution in [1.82, 2.24) is 4.98 Å². The Morgan fingerprint density at radius 3 is 2.39 bits per heavy atom. The van der Waals surface area contributed by atoms with Gasteiger partial charge >= 0.3 is 0 Å². The lowest BCUT2D eigenvalue weighted by Crippen LogP contribution is -2.44. The summed E-state index contributed by atoms with van der Waals surface area (Å²) >= 11 is 0. The first-order valence-corrected chi connectivity index (χ1v) is 13.3. The number of Topliss-reactive ketones (excluding diaryl/α,β-unsaturated/α-hetero) is 2. The maximum absolute atomic E-state index is 12.2. The second-order valence-corrected chi connectivity index (χ2v) is 14.7. The van der Waals surface area contributed by atoms with Gasteiger partial charge < -0.3 is 4.43 Å². The van der Waals surface area contributed by atoms with Gasteiger partial charge in [0.05, 0.1) is 5.41 Å². The van der Waals surface area contributed by atoms with Gasteiger partial charge in [-0.15, -0.1) is 0 Å². The van der Waals surface area contributed by atoms with Crippen molar-refractivity contribution >= 4 is 25.5 Å². The van der Waals surface area contributed by atoms with Crippen molar-refractivity contribution in [2.24, 2.45) is 5.41 Å². The number of aromatic nitrogens is 1. The van der Waals surface area contributed by atoms with Crippen LogP contribution in [0.2, 0.25) is 18.1 Å². The third kappa shape index (κ3) is 3.86. The highest BCUT2D eigenvalue weighted by Crippen LogP contribution is 2.40. The van der Waals surface area contributed by atoms with Gasteiger partial charge in [0.1, 0.15) is 11.6 Å². The number of hydrogen-bond donors (Lipinski definition) is 0. The summed E-state index contributed by atoms with van der Waals surface area (Å²) < 4.78 is 6.37. The Bertz CT molecular complexity index is 817. The Morgan fingerprint density at radius 2 is 1.79 bits per heavy atom. The minimum absolute atomic E-state index is 0.0848. The lowest BCUT2D eigenvalue weighted by molar-refractivity contribution is -0.133. The number of fused-ring (bicyclic) bond motifs is 1. The summed E-state index contributed by atoms with van der Waals surface area (Å²) in [6.07, 6.45) is 8.37. The summed E-state index contributed by atoms with van der Waals surface area (Å²) in [7, 11) is -1.92. The fraction of sp³-hybridized carbons (Fsp3) is 0.609.